The van der Waals surface area contributed by atoms with Crippen molar-refractivity contribution in [3.8, 4) is 5.95 Å². The van der Waals surface area contributed by atoms with E-state index in [0.717, 1.165) is 0 Å². The van der Waals surface area contributed by atoms with Gasteiger partial charge in [0.05, 0.1) is 6.54 Å². The summed E-state index contributed by atoms with van der Waals surface area (Å²) in [6.07, 6.45) is 2.92. The van der Waals surface area contributed by atoms with E-state index in [9.17, 15) is 4.79 Å². The first-order valence-corrected chi connectivity index (χ1v) is 6.63. The summed E-state index contributed by atoms with van der Waals surface area (Å²) in [5.41, 5.74) is 0. The minimum atomic E-state index is -0.0473. The number of nitrogens with zero attached hydrogens (tertiary/aromatic N) is 7. The molecule has 1 saturated heterocycles. The van der Waals surface area contributed by atoms with Crippen LogP contribution in [-0.4, -0.2) is 61.8 Å². The highest BCUT2D eigenvalue weighted by Gasteiger charge is 2.20. The molecule has 2 aromatic rings. The van der Waals surface area contributed by atoms with Crippen molar-refractivity contribution >= 4 is 17.8 Å². The molecule has 2 aromatic heterocycles. The Kier molecular flexibility index (Phi) is 3.58. The van der Waals surface area contributed by atoms with E-state index in [1.54, 1.807) is 0 Å². The summed E-state index contributed by atoms with van der Waals surface area (Å²) >= 11 is 0. The fourth-order valence-corrected chi connectivity index (χ4v) is 1.96. The van der Waals surface area contributed by atoms with Gasteiger partial charge in [0, 0.05) is 19.6 Å². The van der Waals surface area contributed by atoms with Crippen LogP contribution in [-0.2, 0) is 4.79 Å². The number of amides is 1. The van der Waals surface area contributed by atoms with Crippen molar-refractivity contribution in [1.29, 1.82) is 0 Å². The maximum Gasteiger partial charge on any atom is 0.258 e. The van der Waals surface area contributed by atoms with E-state index in [2.05, 4.69) is 35.7 Å². The van der Waals surface area contributed by atoms with Gasteiger partial charge in [-0.2, -0.15) is 24.7 Å². The number of hydrogen-bond acceptors (Lipinski definition) is 8. The van der Waals surface area contributed by atoms with Gasteiger partial charge in [-0.3, -0.25) is 4.79 Å². The molecule has 0 saturated carbocycles. The third kappa shape index (κ3) is 2.88. The number of carbonyl (C=O) groups is 1. The van der Waals surface area contributed by atoms with Gasteiger partial charge in [0.1, 0.15) is 12.7 Å². The lowest BCUT2D eigenvalue weighted by molar-refractivity contribution is -0.120. The molecule has 2 N–H and O–H groups in total. The average Bonchev–Trinajstić information content (AvgIpc) is 3.01. The van der Waals surface area contributed by atoms with Gasteiger partial charge in [0.25, 0.3) is 5.95 Å². The molecule has 3 heterocycles. The van der Waals surface area contributed by atoms with Gasteiger partial charge >= 0.3 is 0 Å². The number of nitrogens with one attached hydrogen (secondary N) is 2. The van der Waals surface area contributed by atoms with Crippen LogP contribution in [0.15, 0.2) is 12.7 Å². The molecule has 0 atom stereocenters. The second-order valence-electron chi connectivity index (χ2n) is 4.40. The van der Waals surface area contributed by atoms with Gasteiger partial charge in [0.2, 0.25) is 17.8 Å². The monoisotopic (exact) mass is 289 g/mol. The van der Waals surface area contributed by atoms with Gasteiger partial charge in [-0.25, -0.2) is 4.98 Å². The molecule has 0 unspecified atom stereocenters. The first kappa shape index (κ1) is 13.2. The van der Waals surface area contributed by atoms with E-state index in [-0.39, 0.29) is 12.5 Å². The molecule has 0 spiro atoms. The van der Waals surface area contributed by atoms with Crippen LogP contribution in [0.5, 0.6) is 0 Å². The smallest absolute Gasteiger partial charge is 0.258 e. The summed E-state index contributed by atoms with van der Waals surface area (Å²) in [5, 5.41) is 9.83. The van der Waals surface area contributed by atoms with Gasteiger partial charge < -0.3 is 15.5 Å². The Morgan fingerprint density at radius 2 is 2.19 bits per heavy atom. The highest BCUT2D eigenvalue weighted by Crippen LogP contribution is 2.13. The van der Waals surface area contributed by atoms with Crippen molar-refractivity contribution in [2.24, 2.45) is 0 Å². The normalized spacial score (nSPS) is 14.9. The molecular formula is C11H15N9O. The molecule has 0 radical (unpaired) electrons. The van der Waals surface area contributed by atoms with Crippen molar-refractivity contribution in [3.05, 3.63) is 12.7 Å². The molecule has 3 rings (SSSR count). The zero-order valence-corrected chi connectivity index (χ0v) is 11.5. The highest BCUT2D eigenvalue weighted by atomic mass is 16.2. The molecule has 110 valence electrons. The third-order valence-electron chi connectivity index (χ3n) is 2.89. The van der Waals surface area contributed by atoms with Crippen LogP contribution in [0.3, 0.4) is 0 Å². The Morgan fingerprint density at radius 1 is 1.33 bits per heavy atom. The van der Waals surface area contributed by atoms with Gasteiger partial charge in [0.15, 0.2) is 0 Å². The molecular weight excluding hydrogens is 274 g/mol. The van der Waals surface area contributed by atoms with Crippen molar-refractivity contribution in [3.63, 3.8) is 0 Å². The van der Waals surface area contributed by atoms with Crippen molar-refractivity contribution < 1.29 is 4.79 Å². The van der Waals surface area contributed by atoms with E-state index < -0.39 is 0 Å². The fraction of sp³-hybridized carbons (Fsp3) is 0.455. The highest BCUT2D eigenvalue weighted by molar-refractivity contribution is 5.81. The van der Waals surface area contributed by atoms with E-state index >= 15 is 0 Å². The third-order valence-corrected chi connectivity index (χ3v) is 2.89. The Labute approximate surface area is 120 Å². The number of carbonyl (C=O) groups excluding carboxylic acids is 1. The summed E-state index contributed by atoms with van der Waals surface area (Å²) in [6, 6.07) is 0. The second-order valence-corrected chi connectivity index (χ2v) is 4.40. The molecule has 0 aliphatic carbocycles. The van der Waals surface area contributed by atoms with E-state index in [1.807, 2.05) is 11.8 Å². The van der Waals surface area contributed by atoms with E-state index in [4.69, 9.17) is 0 Å². The van der Waals surface area contributed by atoms with Crippen LogP contribution in [0.25, 0.3) is 5.95 Å². The molecule has 0 aromatic carbocycles. The van der Waals surface area contributed by atoms with Gasteiger partial charge in [-0.05, 0) is 6.92 Å². The SMILES string of the molecule is CCNc1nc(N2CCNC(=O)C2)nc(-n2cncn2)n1. The standard InChI is InChI=1S/C11H15N9O/c1-2-13-9-16-10(19-4-3-14-8(21)5-19)18-11(17-9)20-7-12-6-15-20/h6-7H,2-5H2,1H3,(H,14,21)(H,13,16,17,18). The maximum atomic E-state index is 11.5. The van der Waals surface area contributed by atoms with Crippen LogP contribution in [0.4, 0.5) is 11.9 Å². The lowest BCUT2D eigenvalue weighted by Crippen LogP contribution is -2.48. The van der Waals surface area contributed by atoms with Crippen LogP contribution in [0.1, 0.15) is 6.92 Å². The lowest BCUT2D eigenvalue weighted by Gasteiger charge is -2.26. The summed E-state index contributed by atoms with van der Waals surface area (Å²) in [4.78, 5) is 30.2. The summed E-state index contributed by atoms with van der Waals surface area (Å²) in [7, 11) is 0. The molecule has 1 amide bonds. The summed E-state index contributed by atoms with van der Waals surface area (Å²) in [5.74, 6) is 1.20. The van der Waals surface area contributed by atoms with Gasteiger partial charge in [-0.1, -0.05) is 0 Å². The zero-order valence-electron chi connectivity index (χ0n) is 11.5. The average molecular weight is 289 g/mol. The number of hydrogen-bond donors (Lipinski definition) is 2. The Balaban J connectivity index is 1.96. The van der Waals surface area contributed by atoms with Crippen molar-refractivity contribution in [1.82, 2.24) is 35.0 Å². The number of piperazine rings is 1. The van der Waals surface area contributed by atoms with Crippen LogP contribution in [0, 0.1) is 0 Å². The summed E-state index contributed by atoms with van der Waals surface area (Å²) in [6.45, 7) is 4.08. The van der Waals surface area contributed by atoms with E-state index in [1.165, 1.54) is 17.3 Å². The minimum Gasteiger partial charge on any atom is -0.354 e. The predicted octanol–water partition coefficient (Wildman–Crippen LogP) is -1.18. The minimum absolute atomic E-state index is 0.0473. The number of anilines is 2. The summed E-state index contributed by atoms with van der Waals surface area (Å²) < 4.78 is 1.45. The first-order valence-electron chi connectivity index (χ1n) is 6.63. The molecule has 1 aliphatic heterocycles. The molecule has 0 bridgehead atoms. The van der Waals surface area contributed by atoms with Crippen LogP contribution < -0.4 is 15.5 Å². The Hall–Kier alpha value is -2.78. The maximum absolute atomic E-state index is 11.5. The number of rotatable bonds is 4. The first-order chi connectivity index (χ1) is 10.3. The molecule has 1 aliphatic rings. The van der Waals surface area contributed by atoms with Gasteiger partial charge in [-0.15, -0.1) is 0 Å². The van der Waals surface area contributed by atoms with Crippen molar-refractivity contribution in [2.45, 2.75) is 6.92 Å². The fourth-order valence-electron chi connectivity index (χ4n) is 1.96. The Morgan fingerprint density at radius 3 is 2.90 bits per heavy atom. The van der Waals surface area contributed by atoms with E-state index in [0.29, 0.717) is 37.5 Å². The van der Waals surface area contributed by atoms with Crippen LogP contribution >= 0.6 is 0 Å². The van der Waals surface area contributed by atoms with Crippen molar-refractivity contribution in [2.75, 3.05) is 36.4 Å². The van der Waals surface area contributed by atoms with Crippen LogP contribution in [0.2, 0.25) is 0 Å². The molecule has 10 heteroatoms. The quantitative estimate of drug-likeness (QED) is 0.723. The predicted molar refractivity (Wildman–Crippen MR) is 74.1 cm³/mol. The lowest BCUT2D eigenvalue weighted by atomic mass is 10.4. The molecule has 10 nitrogen and oxygen atoms in total. The molecule has 21 heavy (non-hydrogen) atoms. The largest absolute Gasteiger partial charge is 0.354 e. The molecule has 1 fully saturated rings. The Bertz CT molecular complexity index is 627. The second kappa shape index (κ2) is 5.69. The number of aromatic nitrogens is 6. The zero-order chi connectivity index (χ0) is 14.7. The topological polar surface area (TPSA) is 114 Å².